The number of aromatic nitrogens is 2. The van der Waals surface area contributed by atoms with Crippen molar-refractivity contribution in [3.05, 3.63) is 29.6 Å². The first kappa shape index (κ1) is 17.4. The molecule has 0 amide bonds. The Hall–Kier alpha value is -3.01. The number of imidazole rings is 1. The highest BCUT2D eigenvalue weighted by Crippen LogP contribution is 2.33. The van der Waals surface area contributed by atoms with Gasteiger partial charge in [-0.3, -0.25) is 4.40 Å². The molecule has 0 aliphatic heterocycles. The van der Waals surface area contributed by atoms with Crippen molar-refractivity contribution in [1.82, 2.24) is 9.38 Å². The number of hydrogen-bond acceptors (Lipinski definition) is 5. The van der Waals surface area contributed by atoms with Gasteiger partial charge in [-0.2, -0.15) is 10.2 Å². The fourth-order valence-corrected chi connectivity index (χ4v) is 3.31. The summed E-state index contributed by atoms with van der Waals surface area (Å²) in [7, 11) is 0. The van der Waals surface area contributed by atoms with Crippen molar-refractivity contribution >= 4 is 17.7 Å². The lowest BCUT2D eigenvalue weighted by atomic mass is 10.2. The van der Waals surface area contributed by atoms with Gasteiger partial charge in [0.1, 0.15) is 23.4 Å². The normalized spacial score (nSPS) is 17.8. The zero-order valence-electron chi connectivity index (χ0n) is 14.9. The molecule has 2 heterocycles. The van der Waals surface area contributed by atoms with E-state index >= 15 is 0 Å². The molecule has 2 aliphatic carbocycles. The molecule has 7 heteroatoms. The summed E-state index contributed by atoms with van der Waals surface area (Å²) in [5.41, 5.74) is 0.658. The standard InChI is InChI=1S/C20H21N3O4/c21-11-14(20(24)25)10-16-19(27-15-4-1-2-5-15)22-18-17(6-3-9-23(16)18)26-12-13-7-8-13/h3,6,9-10,13,15H,1-2,4-5,7-8,12H2,(H,24,25). The summed E-state index contributed by atoms with van der Waals surface area (Å²) in [5.74, 6) is 0.305. The molecule has 2 aromatic heterocycles. The van der Waals surface area contributed by atoms with Crippen molar-refractivity contribution in [2.75, 3.05) is 6.61 Å². The minimum Gasteiger partial charge on any atom is -0.489 e. The number of fused-ring (bicyclic) bond motifs is 1. The van der Waals surface area contributed by atoms with Crippen LogP contribution in [0.2, 0.25) is 0 Å². The number of pyridine rings is 1. The average molecular weight is 367 g/mol. The van der Waals surface area contributed by atoms with E-state index in [2.05, 4.69) is 4.98 Å². The highest BCUT2D eigenvalue weighted by molar-refractivity contribution is 5.96. The van der Waals surface area contributed by atoms with Crippen LogP contribution < -0.4 is 9.47 Å². The Balaban J connectivity index is 1.77. The predicted molar refractivity (Wildman–Crippen MR) is 97.5 cm³/mol. The fourth-order valence-electron chi connectivity index (χ4n) is 3.31. The van der Waals surface area contributed by atoms with E-state index in [0.717, 1.165) is 25.7 Å². The molecular formula is C20H21N3O4. The number of carboxylic acids is 1. The maximum Gasteiger partial charge on any atom is 0.346 e. The van der Waals surface area contributed by atoms with Crippen molar-refractivity contribution in [3.63, 3.8) is 0 Å². The first-order chi connectivity index (χ1) is 13.2. The third-order valence-electron chi connectivity index (χ3n) is 5.00. The monoisotopic (exact) mass is 367 g/mol. The molecule has 0 saturated heterocycles. The van der Waals surface area contributed by atoms with E-state index in [0.29, 0.717) is 35.5 Å². The van der Waals surface area contributed by atoms with E-state index < -0.39 is 5.97 Å². The molecule has 140 valence electrons. The number of carbonyl (C=O) groups is 1. The molecule has 0 unspecified atom stereocenters. The minimum absolute atomic E-state index is 0.0632. The molecule has 1 N–H and O–H groups in total. The van der Waals surface area contributed by atoms with Crippen LogP contribution in [-0.4, -0.2) is 33.2 Å². The molecule has 2 fully saturated rings. The number of rotatable bonds is 7. The summed E-state index contributed by atoms with van der Waals surface area (Å²) in [6.07, 6.45) is 9.65. The van der Waals surface area contributed by atoms with Gasteiger partial charge in [-0.05, 0) is 62.7 Å². The summed E-state index contributed by atoms with van der Waals surface area (Å²) < 4.78 is 13.7. The summed E-state index contributed by atoms with van der Waals surface area (Å²) >= 11 is 0. The number of nitrogens with zero attached hydrogens (tertiary/aromatic N) is 3. The molecule has 0 radical (unpaired) electrons. The van der Waals surface area contributed by atoms with Crippen LogP contribution >= 0.6 is 0 Å². The number of carboxylic acid groups (broad SMARTS) is 1. The second kappa shape index (κ2) is 7.31. The maximum absolute atomic E-state index is 11.3. The van der Waals surface area contributed by atoms with E-state index in [4.69, 9.17) is 14.7 Å². The van der Waals surface area contributed by atoms with Crippen molar-refractivity contribution in [1.29, 1.82) is 5.26 Å². The van der Waals surface area contributed by atoms with Crippen LogP contribution in [0.4, 0.5) is 0 Å². The fraction of sp³-hybridized carbons (Fsp3) is 0.450. The summed E-state index contributed by atoms with van der Waals surface area (Å²) in [4.78, 5) is 15.9. The first-order valence-electron chi connectivity index (χ1n) is 9.31. The van der Waals surface area contributed by atoms with Crippen LogP contribution in [0.3, 0.4) is 0 Å². The van der Waals surface area contributed by atoms with Crippen LogP contribution in [0.5, 0.6) is 11.6 Å². The van der Waals surface area contributed by atoms with Gasteiger partial charge in [0.2, 0.25) is 5.88 Å². The van der Waals surface area contributed by atoms with Gasteiger partial charge < -0.3 is 14.6 Å². The van der Waals surface area contributed by atoms with Crippen molar-refractivity contribution in [2.24, 2.45) is 5.92 Å². The highest BCUT2D eigenvalue weighted by Gasteiger charge is 2.25. The van der Waals surface area contributed by atoms with Gasteiger partial charge in [0.15, 0.2) is 11.4 Å². The van der Waals surface area contributed by atoms with Gasteiger partial charge >= 0.3 is 5.97 Å². The third-order valence-corrected chi connectivity index (χ3v) is 5.00. The summed E-state index contributed by atoms with van der Waals surface area (Å²) in [5, 5.41) is 18.4. The molecule has 2 aromatic rings. The lowest BCUT2D eigenvalue weighted by molar-refractivity contribution is -0.132. The lowest BCUT2D eigenvalue weighted by Crippen LogP contribution is -2.12. The SMILES string of the molecule is N#CC(=Cc1c(OC2CCCC2)nc2c(OCC3CC3)cccn12)C(=O)O. The smallest absolute Gasteiger partial charge is 0.346 e. The molecular weight excluding hydrogens is 346 g/mol. The van der Waals surface area contributed by atoms with Crippen molar-refractivity contribution in [2.45, 2.75) is 44.6 Å². The molecule has 27 heavy (non-hydrogen) atoms. The van der Waals surface area contributed by atoms with E-state index in [9.17, 15) is 9.90 Å². The molecule has 0 bridgehead atoms. The Labute approximate surface area is 156 Å². The molecule has 7 nitrogen and oxygen atoms in total. The van der Waals surface area contributed by atoms with E-state index in [1.165, 1.54) is 18.9 Å². The van der Waals surface area contributed by atoms with E-state index in [1.807, 2.05) is 12.1 Å². The Morgan fingerprint density at radius 3 is 2.81 bits per heavy atom. The topological polar surface area (TPSA) is 96.9 Å². The van der Waals surface area contributed by atoms with Gasteiger partial charge in [-0.1, -0.05) is 0 Å². The Kier molecular flexibility index (Phi) is 4.71. The maximum atomic E-state index is 11.3. The molecule has 2 saturated carbocycles. The number of nitriles is 1. The van der Waals surface area contributed by atoms with Gasteiger partial charge in [-0.25, -0.2) is 4.79 Å². The first-order valence-corrected chi connectivity index (χ1v) is 9.31. The molecule has 0 atom stereocenters. The Morgan fingerprint density at radius 1 is 1.37 bits per heavy atom. The highest BCUT2D eigenvalue weighted by atomic mass is 16.5. The van der Waals surface area contributed by atoms with Crippen LogP contribution in [0.1, 0.15) is 44.2 Å². The molecule has 0 aromatic carbocycles. The van der Waals surface area contributed by atoms with Crippen molar-refractivity contribution < 1.29 is 19.4 Å². The second-order valence-electron chi connectivity index (χ2n) is 7.12. The Bertz CT molecular complexity index is 931. The molecule has 4 rings (SSSR count). The summed E-state index contributed by atoms with van der Waals surface area (Å²) in [6, 6.07) is 5.39. The van der Waals surface area contributed by atoms with Crippen LogP contribution in [-0.2, 0) is 4.79 Å². The second-order valence-corrected chi connectivity index (χ2v) is 7.12. The molecule has 0 spiro atoms. The number of ether oxygens (including phenoxy) is 2. The zero-order valence-corrected chi connectivity index (χ0v) is 14.9. The lowest BCUT2D eigenvalue weighted by Gasteiger charge is -2.11. The van der Waals surface area contributed by atoms with Gasteiger partial charge in [-0.15, -0.1) is 0 Å². The zero-order chi connectivity index (χ0) is 18.8. The third kappa shape index (κ3) is 3.75. The van der Waals surface area contributed by atoms with Crippen LogP contribution in [0.15, 0.2) is 23.9 Å². The predicted octanol–water partition coefficient (Wildman–Crippen LogP) is 3.44. The van der Waals surface area contributed by atoms with Crippen molar-refractivity contribution in [3.8, 4) is 17.7 Å². The minimum atomic E-state index is -1.28. The van der Waals surface area contributed by atoms with Crippen LogP contribution in [0, 0.1) is 17.2 Å². The van der Waals surface area contributed by atoms with E-state index in [-0.39, 0.29) is 11.7 Å². The quantitative estimate of drug-likeness (QED) is 0.595. The Morgan fingerprint density at radius 2 is 2.15 bits per heavy atom. The van der Waals surface area contributed by atoms with Crippen LogP contribution in [0.25, 0.3) is 11.7 Å². The van der Waals surface area contributed by atoms with Gasteiger partial charge in [0.05, 0.1) is 6.61 Å². The van der Waals surface area contributed by atoms with Gasteiger partial charge in [0, 0.05) is 6.20 Å². The van der Waals surface area contributed by atoms with Gasteiger partial charge in [0.25, 0.3) is 0 Å². The number of hydrogen-bond donors (Lipinski definition) is 1. The molecule has 2 aliphatic rings. The number of aliphatic carboxylic acids is 1. The largest absolute Gasteiger partial charge is 0.489 e. The van der Waals surface area contributed by atoms with E-state index in [1.54, 1.807) is 16.7 Å². The average Bonchev–Trinajstić information content (AvgIpc) is 3.22. The summed E-state index contributed by atoms with van der Waals surface area (Å²) in [6.45, 7) is 0.648.